The highest BCUT2D eigenvalue weighted by Gasteiger charge is 2.38. The highest BCUT2D eigenvalue weighted by atomic mass is 16.1. The number of hydrogen-bond donors (Lipinski definition) is 0. The van der Waals surface area contributed by atoms with E-state index in [0.717, 1.165) is 17.8 Å². The van der Waals surface area contributed by atoms with E-state index in [1.165, 1.54) is 12.8 Å². The van der Waals surface area contributed by atoms with Crippen LogP contribution in [0, 0.1) is 18.3 Å². The first-order valence-corrected chi connectivity index (χ1v) is 6.42. The van der Waals surface area contributed by atoms with Gasteiger partial charge in [0, 0.05) is 25.1 Å². The van der Waals surface area contributed by atoms with Crippen LogP contribution in [0.15, 0.2) is 6.07 Å². The molecule has 0 spiro atoms. The van der Waals surface area contributed by atoms with E-state index in [9.17, 15) is 4.79 Å². The number of rotatable bonds is 3. The van der Waals surface area contributed by atoms with Crippen molar-refractivity contribution < 1.29 is 4.79 Å². The lowest BCUT2D eigenvalue weighted by Crippen LogP contribution is -2.27. The van der Waals surface area contributed by atoms with E-state index >= 15 is 0 Å². The van der Waals surface area contributed by atoms with Crippen molar-refractivity contribution in [2.45, 2.75) is 46.5 Å². The molecular formula is C14H22N2O. The van der Waals surface area contributed by atoms with Gasteiger partial charge in [-0.1, -0.05) is 20.3 Å². The molecule has 1 heterocycles. The average molecular weight is 234 g/mol. The maximum atomic E-state index is 12.4. The van der Waals surface area contributed by atoms with Gasteiger partial charge in [0.25, 0.3) is 0 Å². The summed E-state index contributed by atoms with van der Waals surface area (Å²) in [5.41, 5.74) is 2.21. The molecule has 0 amide bonds. The van der Waals surface area contributed by atoms with Gasteiger partial charge in [-0.05, 0) is 31.2 Å². The van der Waals surface area contributed by atoms with Gasteiger partial charge in [0.2, 0.25) is 0 Å². The van der Waals surface area contributed by atoms with Crippen LogP contribution >= 0.6 is 0 Å². The average Bonchev–Trinajstić information content (AvgIpc) is 2.69. The Hall–Kier alpha value is -1.12. The fourth-order valence-corrected chi connectivity index (χ4v) is 3.05. The molecule has 1 unspecified atom stereocenters. The quantitative estimate of drug-likeness (QED) is 0.806. The second-order valence-electron chi connectivity index (χ2n) is 5.98. The van der Waals surface area contributed by atoms with Crippen LogP contribution in [0.3, 0.4) is 0 Å². The molecule has 0 aliphatic heterocycles. The number of Topliss-reactive ketones (excluding diaryl/α,β-unsaturated/α-hetero) is 1. The summed E-state index contributed by atoms with van der Waals surface area (Å²) in [7, 11) is 1.91. The fourth-order valence-electron chi connectivity index (χ4n) is 3.05. The minimum absolute atomic E-state index is 0.185. The Bertz CT molecular complexity index is 431. The van der Waals surface area contributed by atoms with Gasteiger partial charge < -0.3 is 0 Å². The Morgan fingerprint density at radius 1 is 1.59 bits per heavy atom. The van der Waals surface area contributed by atoms with Crippen LogP contribution in [-0.2, 0) is 18.3 Å². The Kier molecular flexibility index (Phi) is 3.11. The molecule has 1 aromatic rings. The summed E-state index contributed by atoms with van der Waals surface area (Å²) in [6.07, 6.45) is 3.95. The molecule has 3 nitrogen and oxygen atoms in total. The summed E-state index contributed by atoms with van der Waals surface area (Å²) in [4.78, 5) is 12.4. The fraction of sp³-hybridized carbons (Fsp3) is 0.714. The first kappa shape index (κ1) is 12.3. The molecule has 17 heavy (non-hydrogen) atoms. The van der Waals surface area contributed by atoms with Gasteiger partial charge in [-0.2, -0.15) is 5.10 Å². The molecule has 2 rings (SSSR count). The monoisotopic (exact) mass is 234 g/mol. The van der Waals surface area contributed by atoms with E-state index in [1.54, 1.807) is 0 Å². The third kappa shape index (κ3) is 2.43. The molecule has 0 aromatic carbocycles. The third-order valence-electron chi connectivity index (χ3n) is 4.10. The summed E-state index contributed by atoms with van der Waals surface area (Å²) in [6, 6.07) is 2.01. The molecule has 1 aromatic heterocycles. The number of aryl methyl sites for hydroxylation is 2. The molecule has 0 N–H and O–H groups in total. The van der Waals surface area contributed by atoms with Crippen molar-refractivity contribution in [3.8, 4) is 0 Å². The summed E-state index contributed by atoms with van der Waals surface area (Å²) in [5.74, 6) is 0.619. The van der Waals surface area contributed by atoms with Gasteiger partial charge in [-0.3, -0.25) is 9.48 Å². The van der Waals surface area contributed by atoms with Crippen molar-refractivity contribution in [2.75, 3.05) is 0 Å². The zero-order valence-electron chi connectivity index (χ0n) is 11.3. The number of carbonyl (C=O) groups is 1. The van der Waals surface area contributed by atoms with Gasteiger partial charge in [-0.15, -0.1) is 0 Å². The number of nitrogens with zero attached hydrogens (tertiary/aromatic N) is 2. The molecule has 0 radical (unpaired) electrons. The number of carbonyl (C=O) groups excluding carboxylic acids is 1. The van der Waals surface area contributed by atoms with E-state index in [4.69, 9.17) is 0 Å². The van der Waals surface area contributed by atoms with E-state index in [1.807, 2.05) is 24.7 Å². The minimum atomic E-state index is 0.185. The summed E-state index contributed by atoms with van der Waals surface area (Å²) in [5, 5.41) is 4.29. The van der Waals surface area contributed by atoms with Crippen LogP contribution in [0.5, 0.6) is 0 Å². The van der Waals surface area contributed by atoms with Crippen LogP contribution in [-0.4, -0.2) is 15.6 Å². The molecular weight excluding hydrogens is 212 g/mol. The van der Waals surface area contributed by atoms with Crippen LogP contribution < -0.4 is 0 Å². The third-order valence-corrected chi connectivity index (χ3v) is 4.10. The normalized spacial score (nSPS) is 22.9. The Balaban J connectivity index is 2.09. The zero-order chi connectivity index (χ0) is 12.6. The Morgan fingerprint density at radius 2 is 2.29 bits per heavy atom. The zero-order valence-corrected chi connectivity index (χ0v) is 11.3. The lowest BCUT2D eigenvalue weighted by atomic mass is 9.78. The van der Waals surface area contributed by atoms with Crippen molar-refractivity contribution in [3.05, 3.63) is 17.5 Å². The van der Waals surface area contributed by atoms with Crippen LogP contribution in [0.4, 0.5) is 0 Å². The van der Waals surface area contributed by atoms with E-state index in [2.05, 4.69) is 18.9 Å². The SMILES string of the molecule is Cc1cc(CC(=O)C2CCCC2(C)C)n(C)n1. The molecule has 1 saturated carbocycles. The molecule has 1 atom stereocenters. The predicted octanol–water partition coefficient (Wildman–Crippen LogP) is 2.67. The predicted molar refractivity (Wildman–Crippen MR) is 67.8 cm³/mol. The first-order valence-electron chi connectivity index (χ1n) is 6.42. The summed E-state index contributed by atoms with van der Waals surface area (Å²) in [6.45, 7) is 6.40. The minimum Gasteiger partial charge on any atom is -0.299 e. The van der Waals surface area contributed by atoms with Gasteiger partial charge in [0.1, 0.15) is 5.78 Å². The molecule has 3 heteroatoms. The van der Waals surface area contributed by atoms with Gasteiger partial charge in [0.05, 0.1) is 5.69 Å². The largest absolute Gasteiger partial charge is 0.299 e. The maximum absolute atomic E-state index is 12.4. The Morgan fingerprint density at radius 3 is 2.76 bits per heavy atom. The van der Waals surface area contributed by atoms with Crippen molar-refractivity contribution in [3.63, 3.8) is 0 Å². The molecule has 1 aliphatic rings. The second kappa shape index (κ2) is 4.28. The van der Waals surface area contributed by atoms with Gasteiger partial charge in [-0.25, -0.2) is 0 Å². The van der Waals surface area contributed by atoms with Crippen molar-refractivity contribution in [1.29, 1.82) is 0 Å². The lowest BCUT2D eigenvalue weighted by molar-refractivity contribution is -0.124. The van der Waals surface area contributed by atoms with Crippen LogP contribution in [0.2, 0.25) is 0 Å². The molecule has 1 fully saturated rings. The molecule has 1 aliphatic carbocycles. The summed E-state index contributed by atoms with van der Waals surface area (Å²) < 4.78 is 1.83. The van der Waals surface area contributed by atoms with Gasteiger partial charge in [0.15, 0.2) is 0 Å². The van der Waals surface area contributed by atoms with Crippen molar-refractivity contribution >= 4 is 5.78 Å². The summed E-state index contributed by atoms with van der Waals surface area (Å²) >= 11 is 0. The highest BCUT2D eigenvalue weighted by Crippen LogP contribution is 2.43. The smallest absolute Gasteiger partial charge is 0.142 e. The van der Waals surface area contributed by atoms with E-state index in [0.29, 0.717) is 12.2 Å². The topological polar surface area (TPSA) is 34.9 Å². The van der Waals surface area contributed by atoms with Crippen LogP contribution in [0.25, 0.3) is 0 Å². The van der Waals surface area contributed by atoms with Crippen molar-refractivity contribution in [1.82, 2.24) is 9.78 Å². The van der Waals surface area contributed by atoms with Gasteiger partial charge >= 0.3 is 0 Å². The standard InChI is InChI=1S/C14H22N2O/c1-10-8-11(16(4)15-10)9-13(17)12-6-5-7-14(12,2)3/h8,12H,5-7,9H2,1-4H3. The second-order valence-corrected chi connectivity index (χ2v) is 5.98. The van der Waals surface area contributed by atoms with Crippen LogP contribution in [0.1, 0.15) is 44.5 Å². The van der Waals surface area contributed by atoms with E-state index in [-0.39, 0.29) is 11.3 Å². The molecule has 94 valence electrons. The Labute approximate surface area is 103 Å². The first-order chi connectivity index (χ1) is 7.90. The molecule has 0 bridgehead atoms. The molecule has 0 saturated heterocycles. The number of hydrogen-bond acceptors (Lipinski definition) is 2. The lowest BCUT2D eigenvalue weighted by Gasteiger charge is -2.25. The number of ketones is 1. The van der Waals surface area contributed by atoms with Crippen molar-refractivity contribution in [2.24, 2.45) is 18.4 Å². The number of aromatic nitrogens is 2. The highest BCUT2D eigenvalue weighted by molar-refractivity contribution is 5.84. The maximum Gasteiger partial charge on any atom is 0.142 e. The van der Waals surface area contributed by atoms with E-state index < -0.39 is 0 Å².